The van der Waals surface area contributed by atoms with Gasteiger partial charge in [0.2, 0.25) is 0 Å². The maximum Gasteiger partial charge on any atom is 0.137 e. The van der Waals surface area contributed by atoms with Gasteiger partial charge in [0, 0.05) is 24.9 Å². The van der Waals surface area contributed by atoms with Crippen molar-refractivity contribution in [2.45, 2.75) is 51.5 Å². The van der Waals surface area contributed by atoms with Gasteiger partial charge in [0.1, 0.15) is 5.78 Å². The Morgan fingerprint density at radius 1 is 1.31 bits per heavy atom. The van der Waals surface area contributed by atoms with Crippen molar-refractivity contribution in [2.75, 3.05) is 13.1 Å². The summed E-state index contributed by atoms with van der Waals surface area (Å²) in [6, 6.07) is 0.542. The van der Waals surface area contributed by atoms with Gasteiger partial charge in [0.05, 0.1) is 0 Å². The lowest BCUT2D eigenvalue weighted by molar-refractivity contribution is -0.123. The van der Waals surface area contributed by atoms with Crippen molar-refractivity contribution in [1.29, 1.82) is 0 Å². The standard InChI is InChI=1S/C14H23NO/c1-2-3-10-15-11-5-4-8-13(15)12-7-6-9-14(12)16/h2-3,12-13H,4-11H2,1H3. The van der Waals surface area contributed by atoms with E-state index in [0.717, 1.165) is 25.8 Å². The van der Waals surface area contributed by atoms with Crippen LogP contribution in [0.15, 0.2) is 12.2 Å². The summed E-state index contributed by atoms with van der Waals surface area (Å²) in [6.07, 6.45) is 11.3. The fourth-order valence-corrected chi connectivity index (χ4v) is 3.19. The first-order chi connectivity index (χ1) is 7.83. The van der Waals surface area contributed by atoms with E-state index < -0.39 is 0 Å². The number of rotatable bonds is 3. The Labute approximate surface area is 98.7 Å². The normalized spacial score (nSPS) is 32.7. The van der Waals surface area contributed by atoms with Crippen LogP contribution in [0.3, 0.4) is 0 Å². The second-order valence-corrected chi connectivity index (χ2v) is 5.09. The molecule has 1 saturated carbocycles. The molecule has 1 aliphatic heterocycles. The molecule has 1 heterocycles. The van der Waals surface area contributed by atoms with E-state index >= 15 is 0 Å². The summed E-state index contributed by atoms with van der Waals surface area (Å²) in [5.41, 5.74) is 0. The van der Waals surface area contributed by atoms with Gasteiger partial charge in [-0.1, -0.05) is 18.6 Å². The van der Waals surface area contributed by atoms with E-state index in [0.29, 0.717) is 17.7 Å². The maximum atomic E-state index is 11.8. The lowest BCUT2D eigenvalue weighted by atomic mass is 9.88. The predicted molar refractivity (Wildman–Crippen MR) is 66.4 cm³/mol. The smallest absolute Gasteiger partial charge is 0.137 e. The van der Waals surface area contributed by atoms with Gasteiger partial charge in [-0.05, 0) is 39.2 Å². The average Bonchev–Trinajstić information content (AvgIpc) is 2.73. The molecule has 2 rings (SSSR count). The van der Waals surface area contributed by atoms with E-state index in [1.807, 2.05) is 0 Å². The number of hydrogen-bond acceptors (Lipinski definition) is 2. The van der Waals surface area contributed by atoms with Gasteiger partial charge < -0.3 is 0 Å². The van der Waals surface area contributed by atoms with E-state index in [-0.39, 0.29) is 0 Å². The highest BCUT2D eigenvalue weighted by Crippen LogP contribution is 2.32. The predicted octanol–water partition coefficient (Wildman–Crippen LogP) is 2.79. The Morgan fingerprint density at radius 3 is 2.88 bits per heavy atom. The van der Waals surface area contributed by atoms with Gasteiger partial charge in [-0.2, -0.15) is 0 Å². The Kier molecular flexibility index (Phi) is 4.16. The molecule has 1 aliphatic carbocycles. The SMILES string of the molecule is CC=CCN1CCCCC1C1CCCC1=O. The third kappa shape index (κ3) is 2.54. The summed E-state index contributed by atoms with van der Waals surface area (Å²) >= 11 is 0. The van der Waals surface area contributed by atoms with E-state index in [9.17, 15) is 4.79 Å². The summed E-state index contributed by atoms with van der Waals surface area (Å²) in [5.74, 6) is 0.878. The first kappa shape index (κ1) is 11.8. The van der Waals surface area contributed by atoms with Gasteiger partial charge >= 0.3 is 0 Å². The molecule has 0 amide bonds. The number of carbonyl (C=O) groups is 1. The van der Waals surface area contributed by atoms with Crippen LogP contribution in [0.4, 0.5) is 0 Å². The summed E-state index contributed by atoms with van der Waals surface area (Å²) in [7, 11) is 0. The van der Waals surface area contributed by atoms with Crippen molar-refractivity contribution < 1.29 is 4.79 Å². The Hall–Kier alpha value is -0.630. The molecule has 0 aromatic rings. The average molecular weight is 221 g/mol. The van der Waals surface area contributed by atoms with Crippen LogP contribution in [0.25, 0.3) is 0 Å². The van der Waals surface area contributed by atoms with Crippen LogP contribution in [0.5, 0.6) is 0 Å². The van der Waals surface area contributed by atoms with Crippen molar-refractivity contribution in [3.63, 3.8) is 0 Å². The highest BCUT2D eigenvalue weighted by molar-refractivity contribution is 5.83. The lowest BCUT2D eigenvalue weighted by Gasteiger charge is -2.38. The molecular weight excluding hydrogens is 198 g/mol. The molecule has 2 aliphatic rings. The molecule has 2 nitrogen and oxygen atoms in total. The molecule has 0 aromatic heterocycles. The molecule has 2 heteroatoms. The van der Waals surface area contributed by atoms with Gasteiger partial charge in [-0.15, -0.1) is 0 Å². The molecule has 2 unspecified atom stereocenters. The second kappa shape index (κ2) is 5.62. The molecule has 1 saturated heterocycles. The van der Waals surface area contributed by atoms with Gasteiger partial charge in [0.15, 0.2) is 0 Å². The number of piperidine rings is 1. The van der Waals surface area contributed by atoms with Crippen LogP contribution < -0.4 is 0 Å². The lowest BCUT2D eigenvalue weighted by Crippen LogP contribution is -2.45. The van der Waals surface area contributed by atoms with Crippen molar-refractivity contribution in [2.24, 2.45) is 5.92 Å². The van der Waals surface area contributed by atoms with E-state index in [4.69, 9.17) is 0 Å². The minimum Gasteiger partial charge on any atom is -0.299 e. The van der Waals surface area contributed by atoms with Gasteiger partial charge in [-0.25, -0.2) is 0 Å². The molecule has 90 valence electrons. The molecule has 0 spiro atoms. The zero-order valence-electron chi connectivity index (χ0n) is 10.3. The van der Waals surface area contributed by atoms with E-state index in [2.05, 4.69) is 24.0 Å². The van der Waals surface area contributed by atoms with Crippen LogP contribution >= 0.6 is 0 Å². The number of hydrogen-bond donors (Lipinski definition) is 0. The Balaban J connectivity index is 2.00. The topological polar surface area (TPSA) is 20.3 Å². The zero-order chi connectivity index (χ0) is 11.4. The van der Waals surface area contributed by atoms with Crippen molar-refractivity contribution in [3.05, 3.63) is 12.2 Å². The van der Waals surface area contributed by atoms with Crippen molar-refractivity contribution >= 4 is 5.78 Å². The van der Waals surface area contributed by atoms with Crippen molar-refractivity contribution in [3.8, 4) is 0 Å². The fraction of sp³-hybridized carbons (Fsp3) is 0.786. The first-order valence-corrected chi connectivity index (χ1v) is 6.71. The van der Waals surface area contributed by atoms with Gasteiger partial charge in [-0.3, -0.25) is 9.69 Å². The molecule has 16 heavy (non-hydrogen) atoms. The minimum atomic E-state index is 0.352. The molecule has 0 bridgehead atoms. The molecule has 0 N–H and O–H groups in total. The number of Topliss-reactive ketones (excluding diaryl/α,β-unsaturated/α-hetero) is 1. The van der Waals surface area contributed by atoms with Crippen LogP contribution in [-0.4, -0.2) is 29.8 Å². The zero-order valence-corrected chi connectivity index (χ0v) is 10.3. The van der Waals surface area contributed by atoms with E-state index in [1.165, 1.54) is 25.8 Å². The Bertz CT molecular complexity index is 272. The van der Waals surface area contributed by atoms with E-state index in [1.54, 1.807) is 0 Å². The summed E-state index contributed by atoms with van der Waals surface area (Å²) < 4.78 is 0. The summed E-state index contributed by atoms with van der Waals surface area (Å²) in [4.78, 5) is 14.4. The van der Waals surface area contributed by atoms with Crippen LogP contribution in [0.1, 0.15) is 45.4 Å². The third-order valence-corrected chi connectivity index (χ3v) is 4.06. The van der Waals surface area contributed by atoms with Crippen LogP contribution in [-0.2, 0) is 4.79 Å². The molecule has 0 radical (unpaired) electrons. The molecular formula is C14H23NO. The monoisotopic (exact) mass is 221 g/mol. The summed E-state index contributed by atoms with van der Waals surface area (Å²) in [6.45, 7) is 4.28. The first-order valence-electron chi connectivity index (χ1n) is 6.71. The molecule has 2 fully saturated rings. The Morgan fingerprint density at radius 2 is 2.19 bits per heavy atom. The highest BCUT2D eigenvalue weighted by atomic mass is 16.1. The second-order valence-electron chi connectivity index (χ2n) is 5.09. The number of carbonyl (C=O) groups excluding carboxylic acids is 1. The van der Waals surface area contributed by atoms with Crippen LogP contribution in [0.2, 0.25) is 0 Å². The van der Waals surface area contributed by atoms with Gasteiger partial charge in [0.25, 0.3) is 0 Å². The maximum absolute atomic E-state index is 11.8. The third-order valence-electron chi connectivity index (χ3n) is 4.06. The number of likely N-dealkylation sites (tertiary alicyclic amines) is 1. The number of ketones is 1. The summed E-state index contributed by atoms with van der Waals surface area (Å²) in [5, 5.41) is 0. The largest absolute Gasteiger partial charge is 0.299 e. The highest BCUT2D eigenvalue weighted by Gasteiger charge is 2.36. The fourth-order valence-electron chi connectivity index (χ4n) is 3.19. The van der Waals surface area contributed by atoms with Crippen LogP contribution in [0, 0.1) is 5.92 Å². The number of allylic oxidation sites excluding steroid dienone is 1. The molecule has 0 aromatic carbocycles. The minimum absolute atomic E-state index is 0.352. The number of nitrogens with zero attached hydrogens (tertiary/aromatic N) is 1. The molecule has 2 atom stereocenters. The van der Waals surface area contributed by atoms with Crippen molar-refractivity contribution in [1.82, 2.24) is 4.90 Å². The quantitative estimate of drug-likeness (QED) is 0.683.